The molecular weight excluding hydrogens is 334 g/mol. The average molecular weight is 355 g/mol. The molecule has 6 nitrogen and oxygen atoms in total. The first kappa shape index (κ1) is 17.8. The van der Waals surface area contributed by atoms with Crippen molar-refractivity contribution < 1.29 is 24.2 Å². The molecule has 0 aromatic heterocycles. The molecule has 1 aliphatic rings. The molecule has 0 radical (unpaired) electrons. The molecule has 0 saturated carbocycles. The van der Waals surface area contributed by atoms with E-state index in [1.54, 1.807) is 12.1 Å². The van der Waals surface area contributed by atoms with Gasteiger partial charge in [-0.15, -0.1) is 0 Å². The van der Waals surface area contributed by atoms with E-state index >= 15 is 0 Å². The van der Waals surface area contributed by atoms with Crippen LogP contribution in [0.4, 0.5) is 0 Å². The number of carboxylic acids is 1. The van der Waals surface area contributed by atoms with E-state index < -0.39 is 5.97 Å². The van der Waals surface area contributed by atoms with Crippen molar-refractivity contribution in [3.8, 4) is 11.5 Å². The van der Waals surface area contributed by atoms with Crippen LogP contribution in [0.2, 0.25) is 0 Å². The summed E-state index contributed by atoms with van der Waals surface area (Å²) in [6.45, 7) is 0.878. The summed E-state index contributed by atoms with van der Waals surface area (Å²) < 4.78 is 10.7. The van der Waals surface area contributed by atoms with Crippen molar-refractivity contribution in [2.75, 3.05) is 13.7 Å². The third-order valence-corrected chi connectivity index (χ3v) is 4.50. The topological polar surface area (TPSA) is 84.9 Å². The van der Waals surface area contributed by atoms with Crippen molar-refractivity contribution in [2.24, 2.45) is 0 Å². The molecule has 1 unspecified atom stereocenters. The maximum Gasteiger partial charge on any atom is 0.339 e. The van der Waals surface area contributed by atoms with Crippen LogP contribution in [0.3, 0.4) is 0 Å². The van der Waals surface area contributed by atoms with Gasteiger partial charge in [-0.2, -0.15) is 0 Å². The van der Waals surface area contributed by atoms with Crippen molar-refractivity contribution in [1.29, 1.82) is 0 Å². The number of amides is 1. The molecule has 2 aromatic rings. The van der Waals surface area contributed by atoms with E-state index in [0.29, 0.717) is 24.3 Å². The fraction of sp³-hybridized carbons (Fsp3) is 0.300. The molecule has 26 heavy (non-hydrogen) atoms. The highest BCUT2D eigenvalue weighted by Gasteiger charge is 2.23. The summed E-state index contributed by atoms with van der Waals surface area (Å²) in [7, 11) is 1.43. The molecule has 0 fully saturated rings. The lowest BCUT2D eigenvalue weighted by molar-refractivity contribution is -0.121. The summed E-state index contributed by atoms with van der Waals surface area (Å²) in [5.41, 5.74) is 1.85. The second-order valence-electron chi connectivity index (χ2n) is 6.19. The number of aromatic carboxylic acids is 1. The average Bonchev–Trinajstić information content (AvgIpc) is 2.66. The van der Waals surface area contributed by atoms with Gasteiger partial charge in [-0.3, -0.25) is 4.79 Å². The van der Waals surface area contributed by atoms with Gasteiger partial charge in [0.2, 0.25) is 5.91 Å². The van der Waals surface area contributed by atoms with Crippen LogP contribution < -0.4 is 14.8 Å². The molecule has 0 bridgehead atoms. The van der Waals surface area contributed by atoms with Crippen LogP contribution in [-0.2, 0) is 11.3 Å². The molecule has 2 aromatic carbocycles. The predicted octanol–water partition coefficient (Wildman–Crippen LogP) is 2.97. The zero-order chi connectivity index (χ0) is 18.5. The van der Waals surface area contributed by atoms with Crippen molar-refractivity contribution in [3.63, 3.8) is 0 Å². The number of carbonyl (C=O) groups is 2. The third-order valence-electron chi connectivity index (χ3n) is 4.50. The quantitative estimate of drug-likeness (QED) is 0.832. The van der Waals surface area contributed by atoms with E-state index in [2.05, 4.69) is 5.32 Å². The van der Waals surface area contributed by atoms with Gasteiger partial charge in [-0.1, -0.05) is 24.3 Å². The highest BCUT2D eigenvalue weighted by molar-refractivity contribution is 5.91. The lowest BCUT2D eigenvalue weighted by Crippen LogP contribution is -2.26. The molecular formula is C20H21NO5. The van der Waals surface area contributed by atoms with Crippen molar-refractivity contribution >= 4 is 11.9 Å². The van der Waals surface area contributed by atoms with E-state index in [9.17, 15) is 14.7 Å². The fourth-order valence-corrected chi connectivity index (χ4v) is 3.16. The summed E-state index contributed by atoms with van der Waals surface area (Å²) in [6, 6.07) is 12.6. The third kappa shape index (κ3) is 3.96. The van der Waals surface area contributed by atoms with Gasteiger partial charge in [-0.25, -0.2) is 4.79 Å². The molecule has 1 aliphatic heterocycles. The largest absolute Gasteiger partial charge is 0.496 e. The van der Waals surface area contributed by atoms with Gasteiger partial charge in [0, 0.05) is 13.0 Å². The van der Waals surface area contributed by atoms with Crippen LogP contribution in [0.1, 0.15) is 40.2 Å². The molecule has 0 spiro atoms. The van der Waals surface area contributed by atoms with Gasteiger partial charge in [0.05, 0.1) is 13.7 Å². The summed E-state index contributed by atoms with van der Waals surface area (Å²) in [6.07, 6.45) is 1.18. The molecule has 6 heteroatoms. The summed E-state index contributed by atoms with van der Waals surface area (Å²) in [5.74, 6) is 0.142. The molecule has 1 heterocycles. The predicted molar refractivity (Wildman–Crippen MR) is 95.7 cm³/mol. The first-order valence-corrected chi connectivity index (χ1v) is 8.47. The Kier molecular flexibility index (Phi) is 5.41. The number of benzene rings is 2. The highest BCUT2D eigenvalue weighted by atomic mass is 16.5. The first-order valence-electron chi connectivity index (χ1n) is 8.47. The maximum atomic E-state index is 12.3. The molecule has 0 saturated heterocycles. The molecule has 1 atom stereocenters. The summed E-state index contributed by atoms with van der Waals surface area (Å²) >= 11 is 0. The lowest BCUT2D eigenvalue weighted by atomic mass is 9.90. The van der Waals surface area contributed by atoms with E-state index in [0.717, 1.165) is 17.7 Å². The monoisotopic (exact) mass is 355 g/mol. The second-order valence-corrected chi connectivity index (χ2v) is 6.19. The minimum atomic E-state index is -1.06. The smallest absolute Gasteiger partial charge is 0.339 e. The van der Waals surface area contributed by atoms with Crippen LogP contribution in [0.25, 0.3) is 0 Å². The van der Waals surface area contributed by atoms with Gasteiger partial charge in [0.25, 0.3) is 0 Å². The number of ether oxygens (including phenoxy) is 2. The van der Waals surface area contributed by atoms with Crippen LogP contribution in [-0.4, -0.2) is 30.7 Å². The van der Waals surface area contributed by atoms with Gasteiger partial charge in [0.15, 0.2) is 0 Å². The Labute approximate surface area is 151 Å². The number of carboxylic acid groups (broad SMARTS) is 1. The molecule has 2 N–H and O–H groups in total. The van der Waals surface area contributed by atoms with Crippen LogP contribution >= 0.6 is 0 Å². The van der Waals surface area contributed by atoms with E-state index in [4.69, 9.17) is 9.47 Å². The zero-order valence-corrected chi connectivity index (χ0v) is 14.5. The van der Waals surface area contributed by atoms with E-state index in [-0.39, 0.29) is 23.9 Å². The van der Waals surface area contributed by atoms with Gasteiger partial charge in [0.1, 0.15) is 17.1 Å². The highest BCUT2D eigenvalue weighted by Crippen LogP contribution is 2.35. The Morgan fingerprint density at radius 3 is 2.85 bits per heavy atom. The minimum Gasteiger partial charge on any atom is -0.496 e. The number of methoxy groups -OCH3 is 1. The Bertz CT molecular complexity index is 818. The van der Waals surface area contributed by atoms with Gasteiger partial charge < -0.3 is 19.9 Å². The number of hydrogen-bond acceptors (Lipinski definition) is 4. The van der Waals surface area contributed by atoms with Crippen molar-refractivity contribution in [3.05, 3.63) is 59.2 Å². The molecule has 136 valence electrons. The molecule has 3 rings (SSSR count). The Morgan fingerprint density at radius 1 is 1.27 bits per heavy atom. The minimum absolute atomic E-state index is 0.0700. The van der Waals surface area contributed by atoms with Gasteiger partial charge >= 0.3 is 5.97 Å². The van der Waals surface area contributed by atoms with Crippen LogP contribution in [0, 0.1) is 0 Å². The first-order chi connectivity index (χ1) is 12.6. The normalized spacial score (nSPS) is 15.5. The number of fused-ring (bicyclic) bond motifs is 1. The molecule has 1 amide bonds. The lowest BCUT2D eigenvalue weighted by Gasteiger charge is -2.25. The van der Waals surface area contributed by atoms with Crippen LogP contribution in [0.15, 0.2) is 42.5 Å². The Balaban J connectivity index is 1.62. The second kappa shape index (κ2) is 7.91. The van der Waals surface area contributed by atoms with Gasteiger partial charge in [-0.05, 0) is 41.7 Å². The standard InChI is InChI=1S/C20H21NO5/c1-25-17-7-6-13(10-16(17)20(23)24)12-21-19(22)11-14-8-9-26-18-5-3-2-4-15(14)18/h2-7,10,14H,8-9,11-12H2,1H3,(H,21,22)(H,23,24). The van der Waals surface area contributed by atoms with Crippen molar-refractivity contribution in [2.45, 2.75) is 25.3 Å². The number of rotatable bonds is 6. The Morgan fingerprint density at radius 2 is 2.08 bits per heavy atom. The Hall–Kier alpha value is -3.02. The van der Waals surface area contributed by atoms with E-state index in [1.807, 2.05) is 24.3 Å². The SMILES string of the molecule is COc1ccc(CNC(=O)CC2CCOc3ccccc32)cc1C(=O)O. The maximum absolute atomic E-state index is 12.3. The fourth-order valence-electron chi connectivity index (χ4n) is 3.16. The van der Waals surface area contributed by atoms with E-state index in [1.165, 1.54) is 13.2 Å². The number of hydrogen-bond donors (Lipinski definition) is 2. The zero-order valence-electron chi connectivity index (χ0n) is 14.5. The molecule has 0 aliphatic carbocycles. The van der Waals surface area contributed by atoms with Crippen molar-refractivity contribution in [1.82, 2.24) is 5.32 Å². The number of para-hydroxylation sites is 1. The summed E-state index contributed by atoms with van der Waals surface area (Å²) in [5, 5.41) is 12.1. The summed E-state index contributed by atoms with van der Waals surface area (Å²) in [4.78, 5) is 23.6. The number of carbonyl (C=O) groups excluding carboxylic acids is 1. The number of nitrogens with one attached hydrogen (secondary N) is 1. The van der Waals surface area contributed by atoms with Crippen LogP contribution in [0.5, 0.6) is 11.5 Å².